The molecule has 0 spiro atoms. The van der Waals surface area contributed by atoms with Crippen LogP contribution in [0.2, 0.25) is 0 Å². The smallest absolute Gasteiger partial charge is 0.223 e. The largest absolute Gasteiger partial charge is 0.352 e. The van der Waals surface area contributed by atoms with Gasteiger partial charge < -0.3 is 10.2 Å². The van der Waals surface area contributed by atoms with Crippen molar-refractivity contribution < 1.29 is 9.59 Å². The lowest BCUT2D eigenvalue weighted by Gasteiger charge is -2.26. The van der Waals surface area contributed by atoms with Crippen molar-refractivity contribution in [3.05, 3.63) is 46.2 Å². The Labute approximate surface area is 151 Å². The van der Waals surface area contributed by atoms with E-state index in [2.05, 4.69) is 15.3 Å². The first kappa shape index (κ1) is 17.5. The van der Waals surface area contributed by atoms with Crippen molar-refractivity contribution in [1.29, 1.82) is 0 Å². The Morgan fingerprint density at radius 2 is 2.20 bits per heavy atom. The molecule has 1 saturated heterocycles. The number of rotatable bonds is 7. The van der Waals surface area contributed by atoms with Gasteiger partial charge in [-0.1, -0.05) is 0 Å². The zero-order chi connectivity index (χ0) is 17.6. The summed E-state index contributed by atoms with van der Waals surface area (Å²) in [6, 6.07) is 3.88. The van der Waals surface area contributed by atoms with Crippen molar-refractivity contribution in [2.45, 2.75) is 45.2 Å². The topological polar surface area (TPSA) is 75.2 Å². The number of nitrogens with one attached hydrogen (secondary N) is 1. The van der Waals surface area contributed by atoms with Gasteiger partial charge in [-0.2, -0.15) is 0 Å². The Hall–Kier alpha value is -2.28. The summed E-state index contributed by atoms with van der Waals surface area (Å²) in [7, 11) is 0. The highest BCUT2D eigenvalue weighted by atomic mass is 32.1. The Kier molecular flexibility index (Phi) is 5.75. The van der Waals surface area contributed by atoms with Gasteiger partial charge in [0, 0.05) is 49.2 Å². The molecule has 0 aromatic carbocycles. The van der Waals surface area contributed by atoms with Crippen LogP contribution in [-0.2, 0) is 22.6 Å². The number of pyridine rings is 1. The fourth-order valence-corrected chi connectivity index (χ4v) is 3.77. The fraction of sp³-hybridized carbons (Fsp3) is 0.444. The van der Waals surface area contributed by atoms with E-state index in [1.54, 1.807) is 23.7 Å². The van der Waals surface area contributed by atoms with Crippen molar-refractivity contribution in [3.8, 4) is 0 Å². The molecule has 0 aliphatic carbocycles. The first-order valence-electron chi connectivity index (χ1n) is 8.47. The van der Waals surface area contributed by atoms with E-state index in [0.29, 0.717) is 32.4 Å². The number of hydrogen-bond acceptors (Lipinski definition) is 5. The summed E-state index contributed by atoms with van der Waals surface area (Å²) in [6.07, 6.45) is 5.95. The Morgan fingerprint density at radius 3 is 2.84 bits per heavy atom. The van der Waals surface area contributed by atoms with Crippen LogP contribution in [0, 0.1) is 6.92 Å². The lowest BCUT2D eigenvalue weighted by Crippen LogP contribution is -2.41. The zero-order valence-corrected chi connectivity index (χ0v) is 15.1. The second kappa shape index (κ2) is 8.20. The summed E-state index contributed by atoms with van der Waals surface area (Å²) in [5.41, 5.74) is 3.86. The number of hydrogen-bond donors (Lipinski definition) is 1. The van der Waals surface area contributed by atoms with E-state index in [0.717, 1.165) is 22.6 Å². The molecule has 7 heteroatoms. The van der Waals surface area contributed by atoms with E-state index in [9.17, 15) is 9.59 Å². The standard InChI is InChI=1S/C18H22N4O2S/c1-13-16(25-12-20-13)3-5-18(24)22(10-14-6-8-19-9-7-14)11-15-2-4-17(23)21-15/h6-9,12,15H,2-5,10-11H2,1H3,(H,21,23). The quantitative estimate of drug-likeness (QED) is 0.822. The SMILES string of the molecule is Cc1ncsc1CCC(=O)N(Cc1ccncc1)CC1CCC(=O)N1. The second-order valence-electron chi connectivity index (χ2n) is 6.29. The van der Waals surface area contributed by atoms with E-state index < -0.39 is 0 Å². The number of carbonyl (C=O) groups is 2. The van der Waals surface area contributed by atoms with E-state index in [-0.39, 0.29) is 17.9 Å². The van der Waals surface area contributed by atoms with Gasteiger partial charge >= 0.3 is 0 Å². The van der Waals surface area contributed by atoms with Gasteiger partial charge in [0.25, 0.3) is 0 Å². The minimum atomic E-state index is 0.0448. The molecule has 3 rings (SSSR count). The van der Waals surface area contributed by atoms with E-state index in [1.807, 2.05) is 29.5 Å². The van der Waals surface area contributed by atoms with Crippen molar-refractivity contribution in [2.24, 2.45) is 0 Å². The van der Waals surface area contributed by atoms with Gasteiger partial charge in [0.2, 0.25) is 11.8 Å². The number of aryl methyl sites for hydroxylation is 2. The first-order chi connectivity index (χ1) is 12.1. The van der Waals surface area contributed by atoms with E-state index in [1.165, 1.54) is 0 Å². The summed E-state index contributed by atoms with van der Waals surface area (Å²) >= 11 is 1.59. The third-order valence-electron chi connectivity index (χ3n) is 4.41. The maximum atomic E-state index is 12.8. The van der Waals surface area contributed by atoms with Gasteiger partial charge in [0.15, 0.2) is 0 Å². The monoisotopic (exact) mass is 358 g/mol. The maximum Gasteiger partial charge on any atom is 0.223 e. The van der Waals surface area contributed by atoms with Gasteiger partial charge in [-0.3, -0.25) is 14.6 Å². The average molecular weight is 358 g/mol. The number of aromatic nitrogens is 2. The minimum Gasteiger partial charge on any atom is -0.352 e. The molecule has 2 aromatic rings. The second-order valence-corrected chi connectivity index (χ2v) is 7.23. The summed E-state index contributed by atoms with van der Waals surface area (Å²) in [4.78, 5) is 35.5. The molecule has 2 amide bonds. The molecule has 132 valence electrons. The molecule has 1 aliphatic heterocycles. The van der Waals surface area contributed by atoms with Gasteiger partial charge in [0.05, 0.1) is 11.2 Å². The summed E-state index contributed by atoms with van der Waals surface area (Å²) in [6.45, 7) is 3.06. The van der Waals surface area contributed by atoms with Crippen molar-refractivity contribution in [2.75, 3.05) is 6.54 Å². The highest BCUT2D eigenvalue weighted by Crippen LogP contribution is 2.17. The van der Waals surface area contributed by atoms with Gasteiger partial charge in [0.1, 0.15) is 0 Å². The van der Waals surface area contributed by atoms with Crippen LogP contribution in [0.3, 0.4) is 0 Å². The predicted molar refractivity (Wildman–Crippen MR) is 96.0 cm³/mol. The third kappa shape index (κ3) is 4.85. The molecular weight excluding hydrogens is 336 g/mol. The van der Waals surface area contributed by atoms with Crippen LogP contribution < -0.4 is 5.32 Å². The summed E-state index contributed by atoms with van der Waals surface area (Å²) in [5, 5.41) is 2.95. The first-order valence-corrected chi connectivity index (χ1v) is 9.35. The average Bonchev–Trinajstić information content (AvgIpc) is 3.21. The van der Waals surface area contributed by atoms with Gasteiger partial charge in [-0.25, -0.2) is 4.98 Å². The number of carbonyl (C=O) groups excluding carboxylic acids is 2. The van der Waals surface area contributed by atoms with Crippen LogP contribution in [0.1, 0.15) is 35.4 Å². The van der Waals surface area contributed by atoms with Crippen molar-refractivity contribution in [3.63, 3.8) is 0 Å². The van der Waals surface area contributed by atoms with Gasteiger partial charge in [-0.15, -0.1) is 11.3 Å². The number of thiazole rings is 1. The molecule has 25 heavy (non-hydrogen) atoms. The van der Waals surface area contributed by atoms with Crippen LogP contribution in [-0.4, -0.2) is 39.3 Å². The molecule has 1 N–H and O–H groups in total. The summed E-state index contributed by atoms with van der Waals surface area (Å²) in [5.74, 6) is 0.173. The predicted octanol–water partition coefficient (Wildman–Crippen LogP) is 2.09. The highest BCUT2D eigenvalue weighted by molar-refractivity contribution is 7.09. The molecule has 1 unspecified atom stereocenters. The highest BCUT2D eigenvalue weighted by Gasteiger charge is 2.25. The molecule has 3 heterocycles. The Bertz CT molecular complexity index is 732. The van der Waals surface area contributed by atoms with Crippen LogP contribution in [0.4, 0.5) is 0 Å². The normalized spacial score (nSPS) is 16.7. The molecule has 1 aliphatic rings. The van der Waals surface area contributed by atoms with E-state index in [4.69, 9.17) is 0 Å². The van der Waals surface area contributed by atoms with Crippen LogP contribution in [0.5, 0.6) is 0 Å². The van der Waals surface area contributed by atoms with E-state index >= 15 is 0 Å². The van der Waals surface area contributed by atoms with Crippen LogP contribution in [0.25, 0.3) is 0 Å². The zero-order valence-electron chi connectivity index (χ0n) is 14.3. The molecule has 1 atom stereocenters. The van der Waals surface area contributed by atoms with Crippen LogP contribution >= 0.6 is 11.3 Å². The third-order valence-corrected chi connectivity index (χ3v) is 5.41. The molecule has 2 aromatic heterocycles. The number of amides is 2. The van der Waals surface area contributed by atoms with Crippen LogP contribution in [0.15, 0.2) is 30.0 Å². The molecular formula is C18H22N4O2S. The fourth-order valence-electron chi connectivity index (χ4n) is 2.99. The minimum absolute atomic E-state index is 0.0448. The lowest BCUT2D eigenvalue weighted by atomic mass is 10.1. The molecule has 0 radical (unpaired) electrons. The lowest BCUT2D eigenvalue weighted by molar-refractivity contribution is -0.132. The Morgan fingerprint density at radius 1 is 1.40 bits per heavy atom. The Balaban J connectivity index is 1.64. The van der Waals surface area contributed by atoms with Crippen molar-refractivity contribution >= 4 is 23.2 Å². The van der Waals surface area contributed by atoms with Crippen molar-refractivity contribution in [1.82, 2.24) is 20.2 Å². The molecule has 1 fully saturated rings. The summed E-state index contributed by atoms with van der Waals surface area (Å²) < 4.78 is 0. The maximum absolute atomic E-state index is 12.8. The molecule has 0 bridgehead atoms. The molecule has 0 saturated carbocycles. The van der Waals surface area contributed by atoms with Gasteiger partial charge in [-0.05, 0) is 37.5 Å². The number of nitrogens with zero attached hydrogens (tertiary/aromatic N) is 3. The molecule has 6 nitrogen and oxygen atoms in total.